The normalized spacial score (nSPS) is 9.29. The Morgan fingerprint density at radius 2 is 2.36 bits per heavy atom. The van der Waals surface area contributed by atoms with Crippen LogP contribution in [0.15, 0.2) is 23.2 Å². The van der Waals surface area contributed by atoms with Gasteiger partial charge in [0.2, 0.25) is 6.08 Å². The third-order valence-electron chi connectivity index (χ3n) is 1.80. The molecule has 0 bridgehead atoms. The molecule has 0 amide bonds. The lowest BCUT2D eigenvalue weighted by Crippen LogP contribution is -1.94. The Kier molecular flexibility index (Phi) is 4.17. The van der Waals surface area contributed by atoms with E-state index in [4.69, 9.17) is 16.3 Å². The summed E-state index contributed by atoms with van der Waals surface area (Å²) in [5.41, 5.74) is 0.944. The standard InChI is InChI=1S/C10H10ClNO2/c1-14-10-3-2-9(11)6-8(10)4-5-12-7-13/h2-3,6H,4-5H2,1H3. The molecule has 0 aliphatic heterocycles. The average Bonchev–Trinajstić information content (AvgIpc) is 2.19. The van der Waals surface area contributed by atoms with Crippen LogP contribution < -0.4 is 4.74 Å². The summed E-state index contributed by atoms with van der Waals surface area (Å²) in [5.74, 6) is 0.760. The molecule has 1 aromatic carbocycles. The third kappa shape index (κ3) is 2.87. The molecule has 0 unspecified atom stereocenters. The van der Waals surface area contributed by atoms with Crippen LogP contribution in [0.2, 0.25) is 5.02 Å². The lowest BCUT2D eigenvalue weighted by molar-refractivity contribution is 0.410. The van der Waals surface area contributed by atoms with E-state index in [9.17, 15) is 4.79 Å². The molecule has 0 aromatic heterocycles. The second-order valence-electron chi connectivity index (χ2n) is 2.68. The van der Waals surface area contributed by atoms with E-state index < -0.39 is 0 Å². The second kappa shape index (κ2) is 5.43. The van der Waals surface area contributed by atoms with Crippen molar-refractivity contribution in [2.75, 3.05) is 13.7 Å². The summed E-state index contributed by atoms with van der Waals surface area (Å²) in [6.07, 6.45) is 2.12. The van der Waals surface area contributed by atoms with E-state index >= 15 is 0 Å². The highest BCUT2D eigenvalue weighted by molar-refractivity contribution is 6.30. The minimum absolute atomic E-state index is 0.403. The lowest BCUT2D eigenvalue weighted by Gasteiger charge is -2.06. The highest BCUT2D eigenvalue weighted by Crippen LogP contribution is 2.22. The number of aliphatic imine (C=N–C) groups is 1. The number of nitrogens with zero attached hydrogens (tertiary/aromatic N) is 1. The number of halogens is 1. The van der Waals surface area contributed by atoms with Gasteiger partial charge in [0.05, 0.1) is 13.7 Å². The molecule has 0 heterocycles. The van der Waals surface area contributed by atoms with E-state index in [1.54, 1.807) is 25.3 Å². The summed E-state index contributed by atoms with van der Waals surface area (Å²) in [6, 6.07) is 5.36. The van der Waals surface area contributed by atoms with Crippen LogP contribution in [0.25, 0.3) is 0 Å². The van der Waals surface area contributed by atoms with Crippen molar-refractivity contribution in [2.45, 2.75) is 6.42 Å². The summed E-state index contributed by atoms with van der Waals surface area (Å²) in [4.78, 5) is 13.3. The predicted octanol–water partition coefficient (Wildman–Crippen LogP) is 2.23. The maximum Gasteiger partial charge on any atom is 0.234 e. The molecular weight excluding hydrogens is 202 g/mol. The first-order valence-corrected chi connectivity index (χ1v) is 4.51. The Bertz CT molecular complexity index is 359. The van der Waals surface area contributed by atoms with Gasteiger partial charge in [0.1, 0.15) is 5.75 Å². The minimum Gasteiger partial charge on any atom is -0.496 e. The summed E-state index contributed by atoms with van der Waals surface area (Å²) in [6.45, 7) is 0.403. The number of hydrogen-bond acceptors (Lipinski definition) is 3. The van der Waals surface area contributed by atoms with Gasteiger partial charge >= 0.3 is 0 Å². The number of rotatable bonds is 4. The molecule has 4 heteroatoms. The van der Waals surface area contributed by atoms with Crippen LogP contribution in [0.1, 0.15) is 5.56 Å². The van der Waals surface area contributed by atoms with Crippen molar-refractivity contribution < 1.29 is 9.53 Å². The highest BCUT2D eigenvalue weighted by Gasteiger charge is 2.02. The Morgan fingerprint density at radius 1 is 1.57 bits per heavy atom. The molecule has 1 rings (SSSR count). The van der Waals surface area contributed by atoms with Crippen LogP contribution in [-0.2, 0) is 11.2 Å². The van der Waals surface area contributed by atoms with Crippen molar-refractivity contribution in [3.8, 4) is 5.75 Å². The number of methoxy groups -OCH3 is 1. The van der Waals surface area contributed by atoms with Crippen molar-refractivity contribution in [1.82, 2.24) is 0 Å². The van der Waals surface area contributed by atoms with Gasteiger partial charge in [0.25, 0.3) is 0 Å². The molecule has 74 valence electrons. The first-order valence-electron chi connectivity index (χ1n) is 4.14. The molecule has 0 saturated carbocycles. The van der Waals surface area contributed by atoms with Gasteiger partial charge in [-0.15, -0.1) is 0 Å². The first kappa shape index (κ1) is 10.8. The van der Waals surface area contributed by atoms with Crippen molar-refractivity contribution in [3.05, 3.63) is 28.8 Å². The predicted molar refractivity (Wildman–Crippen MR) is 54.7 cm³/mol. The van der Waals surface area contributed by atoms with E-state index in [1.165, 1.54) is 6.08 Å². The molecule has 0 radical (unpaired) electrons. The number of ether oxygens (including phenoxy) is 1. The highest BCUT2D eigenvalue weighted by atomic mass is 35.5. The van der Waals surface area contributed by atoms with E-state index in [0.29, 0.717) is 18.0 Å². The zero-order chi connectivity index (χ0) is 10.4. The number of hydrogen-bond donors (Lipinski definition) is 0. The summed E-state index contributed by atoms with van der Waals surface area (Å²) < 4.78 is 5.13. The molecule has 14 heavy (non-hydrogen) atoms. The van der Waals surface area contributed by atoms with Crippen molar-refractivity contribution >= 4 is 17.7 Å². The van der Waals surface area contributed by atoms with Gasteiger partial charge in [-0.3, -0.25) is 0 Å². The molecule has 3 nitrogen and oxygen atoms in total. The number of benzene rings is 1. The van der Waals surface area contributed by atoms with Crippen molar-refractivity contribution in [1.29, 1.82) is 0 Å². The molecular formula is C10H10ClNO2. The molecule has 0 fully saturated rings. The zero-order valence-electron chi connectivity index (χ0n) is 7.79. The molecule has 0 aliphatic carbocycles. The number of carbonyl (C=O) groups excluding carboxylic acids is 1. The molecule has 0 spiro atoms. The topological polar surface area (TPSA) is 38.7 Å². The van der Waals surface area contributed by atoms with Gasteiger partial charge in [0, 0.05) is 5.02 Å². The molecule has 0 N–H and O–H groups in total. The fourth-order valence-corrected chi connectivity index (χ4v) is 1.36. The largest absolute Gasteiger partial charge is 0.496 e. The van der Waals surface area contributed by atoms with Crippen LogP contribution in [0, 0.1) is 0 Å². The SMILES string of the molecule is COc1ccc(Cl)cc1CCN=C=O. The Balaban J connectivity index is 2.81. The van der Waals surface area contributed by atoms with E-state index in [-0.39, 0.29) is 0 Å². The lowest BCUT2D eigenvalue weighted by atomic mass is 10.1. The van der Waals surface area contributed by atoms with Crippen LogP contribution in [0.5, 0.6) is 5.75 Å². The summed E-state index contributed by atoms with van der Waals surface area (Å²) in [5, 5.41) is 0.649. The van der Waals surface area contributed by atoms with Gasteiger partial charge in [-0.05, 0) is 30.2 Å². The summed E-state index contributed by atoms with van der Waals surface area (Å²) in [7, 11) is 1.59. The van der Waals surface area contributed by atoms with Crippen LogP contribution in [-0.4, -0.2) is 19.7 Å². The van der Waals surface area contributed by atoms with E-state index in [1.807, 2.05) is 0 Å². The van der Waals surface area contributed by atoms with Gasteiger partial charge in [0.15, 0.2) is 0 Å². The monoisotopic (exact) mass is 211 g/mol. The molecule has 0 saturated heterocycles. The van der Waals surface area contributed by atoms with Gasteiger partial charge in [-0.1, -0.05) is 11.6 Å². The molecule has 0 aliphatic rings. The maximum absolute atomic E-state index is 9.87. The van der Waals surface area contributed by atoms with Crippen molar-refractivity contribution in [2.24, 2.45) is 4.99 Å². The van der Waals surface area contributed by atoms with Crippen molar-refractivity contribution in [3.63, 3.8) is 0 Å². The third-order valence-corrected chi connectivity index (χ3v) is 2.04. The van der Waals surface area contributed by atoms with Gasteiger partial charge in [-0.2, -0.15) is 0 Å². The minimum atomic E-state index is 0.403. The molecule has 1 aromatic rings. The van der Waals surface area contributed by atoms with Crippen LogP contribution in [0.4, 0.5) is 0 Å². The molecule has 0 atom stereocenters. The smallest absolute Gasteiger partial charge is 0.234 e. The Hall–Kier alpha value is -1.31. The Labute approximate surface area is 87.4 Å². The van der Waals surface area contributed by atoms with Gasteiger partial charge < -0.3 is 4.74 Å². The zero-order valence-corrected chi connectivity index (χ0v) is 8.54. The van der Waals surface area contributed by atoms with Crippen LogP contribution in [0.3, 0.4) is 0 Å². The second-order valence-corrected chi connectivity index (χ2v) is 3.12. The van der Waals surface area contributed by atoms with E-state index in [0.717, 1.165) is 11.3 Å². The fraction of sp³-hybridized carbons (Fsp3) is 0.300. The summed E-state index contributed by atoms with van der Waals surface area (Å²) >= 11 is 5.82. The van der Waals surface area contributed by atoms with E-state index in [2.05, 4.69) is 4.99 Å². The maximum atomic E-state index is 9.87. The Morgan fingerprint density at radius 3 is 3.00 bits per heavy atom. The number of isocyanates is 1. The fourth-order valence-electron chi connectivity index (χ4n) is 1.16. The van der Waals surface area contributed by atoms with Gasteiger partial charge in [-0.25, -0.2) is 9.79 Å². The average molecular weight is 212 g/mol. The van der Waals surface area contributed by atoms with Crippen LogP contribution >= 0.6 is 11.6 Å². The quantitative estimate of drug-likeness (QED) is 0.566. The first-order chi connectivity index (χ1) is 6.77.